The molecule has 2 heterocycles. The summed E-state index contributed by atoms with van der Waals surface area (Å²) in [7, 11) is 0. The van der Waals surface area contributed by atoms with Crippen molar-refractivity contribution in [1.82, 2.24) is 0 Å². The minimum atomic E-state index is -6.05. The average Bonchev–Trinajstić information content (AvgIpc) is 3.00. The van der Waals surface area contributed by atoms with Crippen molar-refractivity contribution in [2.45, 2.75) is 32.1 Å². The Balaban J connectivity index is 1.96. The monoisotopic (exact) mass is 434 g/mol. The van der Waals surface area contributed by atoms with Gasteiger partial charge in [0.05, 0.1) is 18.8 Å². The summed E-state index contributed by atoms with van der Waals surface area (Å²) in [6.45, 7) is 2.05. The smallest absolute Gasteiger partial charge is 0.376 e. The number of aryl methyl sites for hydroxylation is 1. The van der Waals surface area contributed by atoms with E-state index < -0.39 is 23.9 Å². The third-order valence-corrected chi connectivity index (χ3v) is 5.43. The van der Waals surface area contributed by atoms with Gasteiger partial charge in [-0.25, -0.2) is 0 Å². The number of carbonyl (C=O) groups is 2. The van der Waals surface area contributed by atoms with Crippen LogP contribution in [0, 0.1) is 6.92 Å². The van der Waals surface area contributed by atoms with Crippen LogP contribution in [0.15, 0.2) is 24.3 Å². The molecule has 0 saturated carbocycles. The number of rotatable bonds is 4. The fraction of sp³-hybridized carbons (Fsp3) is 0.333. The summed E-state index contributed by atoms with van der Waals surface area (Å²) in [6, 6.07) is 6.77. The van der Waals surface area contributed by atoms with Gasteiger partial charge in [-0.1, -0.05) is 18.2 Å². The number of nitrogens with one attached hydrogen (secondary N) is 2. The van der Waals surface area contributed by atoms with E-state index in [2.05, 4.69) is 5.32 Å². The van der Waals surface area contributed by atoms with E-state index in [1.54, 1.807) is 36.5 Å². The van der Waals surface area contributed by atoms with E-state index >= 15 is 0 Å². The molecule has 11 heteroatoms. The molecule has 156 valence electrons. The normalized spacial score (nSPS) is 14.3. The zero-order chi connectivity index (χ0) is 21.4. The number of benzene rings is 1. The molecule has 0 radical (unpaired) electrons. The first-order chi connectivity index (χ1) is 13.5. The predicted octanol–water partition coefficient (Wildman–Crippen LogP) is 4.52. The van der Waals surface area contributed by atoms with Gasteiger partial charge < -0.3 is 15.4 Å². The summed E-state index contributed by atoms with van der Waals surface area (Å²) in [5, 5.41) is 3.83. The van der Waals surface area contributed by atoms with Crippen molar-refractivity contribution >= 4 is 33.8 Å². The number of alkyl halides is 5. The first-order valence-electron chi connectivity index (χ1n) is 8.37. The van der Waals surface area contributed by atoms with Crippen molar-refractivity contribution in [1.29, 1.82) is 0 Å². The van der Waals surface area contributed by atoms with Crippen molar-refractivity contribution < 1.29 is 36.3 Å². The molecule has 2 aromatic rings. The number of halogens is 5. The van der Waals surface area contributed by atoms with Crippen molar-refractivity contribution in [3.05, 3.63) is 45.8 Å². The summed E-state index contributed by atoms with van der Waals surface area (Å²) in [5.74, 6) is -8.86. The Morgan fingerprint density at radius 2 is 1.79 bits per heavy atom. The summed E-state index contributed by atoms with van der Waals surface area (Å²) in [6.07, 6.45) is -5.80. The summed E-state index contributed by atoms with van der Waals surface area (Å²) < 4.78 is 69.5. The zero-order valence-electron chi connectivity index (χ0n) is 15.0. The molecule has 29 heavy (non-hydrogen) atoms. The Hall–Kier alpha value is -2.53. The molecule has 2 N–H and O–H groups in total. The van der Waals surface area contributed by atoms with Crippen LogP contribution in [0.3, 0.4) is 0 Å². The van der Waals surface area contributed by atoms with Crippen LogP contribution in [0.5, 0.6) is 0 Å². The molecule has 0 saturated heterocycles. The zero-order valence-corrected chi connectivity index (χ0v) is 15.8. The number of anilines is 2. The summed E-state index contributed by atoms with van der Waals surface area (Å²) in [5.41, 5.74) is 1.49. The van der Waals surface area contributed by atoms with E-state index in [0.29, 0.717) is 16.1 Å². The molecule has 0 atom stereocenters. The molecule has 1 aliphatic rings. The lowest BCUT2D eigenvalue weighted by Crippen LogP contribution is -2.47. The first kappa shape index (κ1) is 21.2. The van der Waals surface area contributed by atoms with Crippen molar-refractivity contribution in [2.75, 3.05) is 17.2 Å². The summed E-state index contributed by atoms with van der Waals surface area (Å²) in [4.78, 5) is 25.0. The third kappa shape index (κ3) is 4.10. The van der Waals surface area contributed by atoms with Gasteiger partial charge >= 0.3 is 18.0 Å². The van der Waals surface area contributed by atoms with Gasteiger partial charge in [-0.15, -0.1) is 11.3 Å². The fourth-order valence-corrected chi connectivity index (χ4v) is 3.95. The van der Waals surface area contributed by atoms with Crippen LogP contribution < -0.4 is 10.6 Å². The highest BCUT2D eigenvalue weighted by Gasteiger charge is 2.63. The second kappa shape index (κ2) is 7.71. The van der Waals surface area contributed by atoms with Gasteiger partial charge in [0.15, 0.2) is 0 Å². The van der Waals surface area contributed by atoms with Crippen LogP contribution in [0.2, 0.25) is 0 Å². The first-order valence-corrected chi connectivity index (χ1v) is 9.19. The van der Waals surface area contributed by atoms with Gasteiger partial charge in [0.2, 0.25) is 0 Å². The fourth-order valence-electron chi connectivity index (χ4n) is 2.77. The van der Waals surface area contributed by atoms with Gasteiger partial charge in [-0.3, -0.25) is 9.59 Å². The topological polar surface area (TPSA) is 67.4 Å². The van der Waals surface area contributed by atoms with E-state index in [4.69, 9.17) is 4.74 Å². The number of fused-ring (bicyclic) bond motifs is 1. The highest BCUT2D eigenvalue weighted by atomic mass is 32.1. The number of amides is 2. The van der Waals surface area contributed by atoms with Crippen molar-refractivity contribution in [3.8, 4) is 0 Å². The second-order valence-electron chi connectivity index (χ2n) is 6.31. The van der Waals surface area contributed by atoms with E-state index in [1.807, 2.05) is 0 Å². The molecule has 1 aromatic heterocycles. The summed E-state index contributed by atoms with van der Waals surface area (Å²) >= 11 is 0.742. The van der Waals surface area contributed by atoms with Crippen LogP contribution in [0.4, 0.5) is 32.6 Å². The largest absolute Gasteiger partial charge is 0.463 e. The number of para-hydroxylation sites is 1. The highest BCUT2D eigenvalue weighted by molar-refractivity contribution is 7.17. The number of ether oxygens (including phenoxy) is 1. The Kier molecular flexibility index (Phi) is 5.63. The Morgan fingerprint density at radius 1 is 1.10 bits per heavy atom. The van der Waals surface area contributed by atoms with Crippen molar-refractivity contribution in [3.63, 3.8) is 0 Å². The van der Waals surface area contributed by atoms with Gasteiger partial charge in [0.1, 0.15) is 5.00 Å². The van der Waals surface area contributed by atoms with Crippen LogP contribution in [-0.2, 0) is 22.6 Å². The molecular weight excluding hydrogens is 419 g/mol. The molecule has 0 bridgehead atoms. The Morgan fingerprint density at radius 3 is 2.45 bits per heavy atom. The standard InChI is InChI=1S/C18H15F5N2O3S/c1-9-4-2-3-5-11(9)24-14(26)13-10-6-7-28-8-12(10)29-15(13)25-16(27)17(19,20)18(21,22)23/h2-5H,6-8H2,1H3,(H,24,26)(H,25,27). The molecule has 1 aromatic carbocycles. The second-order valence-corrected chi connectivity index (χ2v) is 7.41. The predicted molar refractivity (Wildman–Crippen MR) is 96.4 cm³/mol. The molecule has 0 unspecified atom stereocenters. The molecule has 0 fully saturated rings. The molecule has 5 nitrogen and oxygen atoms in total. The number of hydrogen-bond donors (Lipinski definition) is 2. The minimum Gasteiger partial charge on any atom is -0.376 e. The third-order valence-electron chi connectivity index (χ3n) is 4.31. The molecule has 0 aliphatic carbocycles. The minimum absolute atomic E-state index is 0.0657. The maximum Gasteiger partial charge on any atom is 0.463 e. The van der Waals surface area contributed by atoms with Gasteiger partial charge in [0, 0.05) is 10.6 Å². The Labute approximate surface area is 165 Å². The highest BCUT2D eigenvalue weighted by Crippen LogP contribution is 2.40. The SMILES string of the molecule is Cc1ccccc1NC(=O)c1c(NC(=O)C(F)(F)C(F)(F)F)sc2c1CCOC2. The van der Waals surface area contributed by atoms with Gasteiger partial charge in [0.25, 0.3) is 5.91 Å². The molecular formula is C18H15F5N2O3S. The number of hydrogen-bond acceptors (Lipinski definition) is 4. The number of carbonyl (C=O) groups excluding carboxylic acids is 2. The van der Waals surface area contributed by atoms with E-state index in [0.717, 1.165) is 16.9 Å². The van der Waals surface area contributed by atoms with Gasteiger partial charge in [-0.2, -0.15) is 22.0 Å². The van der Waals surface area contributed by atoms with Crippen molar-refractivity contribution in [2.24, 2.45) is 0 Å². The maximum atomic E-state index is 13.4. The van der Waals surface area contributed by atoms with Crippen LogP contribution in [0.25, 0.3) is 0 Å². The molecule has 2 amide bonds. The van der Waals surface area contributed by atoms with E-state index in [-0.39, 0.29) is 30.2 Å². The van der Waals surface area contributed by atoms with Crippen LogP contribution >= 0.6 is 11.3 Å². The lowest BCUT2D eigenvalue weighted by molar-refractivity contribution is -0.267. The quantitative estimate of drug-likeness (QED) is 0.696. The van der Waals surface area contributed by atoms with Crippen LogP contribution in [0.1, 0.15) is 26.4 Å². The maximum absolute atomic E-state index is 13.4. The Bertz CT molecular complexity index is 955. The lowest BCUT2D eigenvalue weighted by Gasteiger charge is -2.19. The average molecular weight is 434 g/mol. The van der Waals surface area contributed by atoms with Gasteiger partial charge in [-0.05, 0) is 30.5 Å². The molecule has 1 aliphatic heterocycles. The van der Waals surface area contributed by atoms with E-state index in [1.165, 1.54) is 0 Å². The lowest BCUT2D eigenvalue weighted by atomic mass is 10.0. The molecule has 0 spiro atoms. The number of thiophene rings is 1. The van der Waals surface area contributed by atoms with E-state index in [9.17, 15) is 31.5 Å². The molecule has 3 rings (SSSR count). The van der Waals surface area contributed by atoms with Crippen LogP contribution in [-0.4, -0.2) is 30.5 Å².